The SMILES string of the molecule is Cc1cccc(N2CCN(CCCN(C)C(=O)c3nc(-c4ccccc4)n(-c4ccc(F)cc4)c3C)CC2)c1C. The van der Waals surface area contributed by atoms with Gasteiger partial charge in [0.15, 0.2) is 0 Å². The molecule has 0 saturated carbocycles. The van der Waals surface area contributed by atoms with Crippen molar-refractivity contribution < 1.29 is 9.18 Å². The lowest BCUT2D eigenvalue weighted by Crippen LogP contribution is -2.47. The van der Waals surface area contributed by atoms with Gasteiger partial charge in [-0.2, -0.15) is 0 Å². The van der Waals surface area contributed by atoms with Gasteiger partial charge in [-0.25, -0.2) is 9.37 Å². The summed E-state index contributed by atoms with van der Waals surface area (Å²) in [5.74, 6) is 0.268. The summed E-state index contributed by atoms with van der Waals surface area (Å²) in [4.78, 5) is 25.1. The highest BCUT2D eigenvalue weighted by atomic mass is 19.1. The molecule has 40 heavy (non-hydrogen) atoms. The summed E-state index contributed by atoms with van der Waals surface area (Å²) in [7, 11) is 1.85. The third-order valence-electron chi connectivity index (χ3n) is 8.03. The number of anilines is 1. The van der Waals surface area contributed by atoms with Gasteiger partial charge < -0.3 is 9.80 Å². The second-order valence-corrected chi connectivity index (χ2v) is 10.7. The van der Waals surface area contributed by atoms with Crippen LogP contribution in [0.1, 0.15) is 33.7 Å². The molecule has 0 spiro atoms. The number of nitrogens with zero attached hydrogens (tertiary/aromatic N) is 5. The fourth-order valence-corrected chi connectivity index (χ4v) is 5.50. The lowest BCUT2D eigenvalue weighted by molar-refractivity contribution is 0.0782. The highest BCUT2D eigenvalue weighted by molar-refractivity contribution is 5.94. The molecule has 1 amide bonds. The quantitative estimate of drug-likeness (QED) is 0.280. The predicted molar refractivity (Wildman–Crippen MR) is 160 cm³/mol. The third-order valence-corrected chi connectivity index (χ3v) is 8.03. The van der Waals surface area contributed by atoms with E-state index in [1.807, 2.05) is 48.9 Å². The van der Waals surface area contributed by atoms with E-state index in [0.717, 1.165) is 56.1 Å². The average molecular weight is 540 g/mol. The molecule has 1 aliphatic rings. The summed E-state index contributed by atoms with van der Waals surface area (Å²) in [6.07, 6.45) is 0.898. The maximum Gasteiger partial charge on any atom is 0.274 e. The van der Waals surface area contributed by atoms with Gasteiger partial charge in [-0.15, -0.1) is 0 Å². The molecular formula is C33H38FN5O. The number of aromatic nitrogens is 2. The zero-order valence-electron chi connectivity index (χ0n) is 23.9. The molecule has 2 heterocycles. The Morgan fingerprint density at radius 1 is 0.900 bits per heavy atom. The van der Waals surface area contributed by atoms with Crippen LogP contribution >= 0.6 is 0 Å². The first-order valence-electron chi connectivity index (χ1n) is 14.0. The van der Waals surface area contributed by atoms with Gasteiger partial charge in [0.05, 0.1) is 5.69 Å². The summed E-state index contributed by atoms with van der Waals surface area (Å²) in [5.41, 5.74) is 6.88. The van der Waals surface area contributed by atoms with Crippen molar-refractivity contribution >= 4 is 11.6 Å². The monoisotopic (exact) mass is 539 g/mol. The number of hydrogen-bond donors (Lipinski definition) is 0. The van der Waals surface area contributed by atoms with Crippen molar-refractivity contribution in [1.82, 2.24) is 19.4 Å². The molecule has 7 heteroatoms. The van der Waals surface area contributed by atoms with Gasteiger partial charge in [-0.05, 0) is 75.2 Å². The van der Waals surface area contributed by atoms with E-state index in [1.165, 1.54) is 28.9 Å². The number of piperazine rings is 1. The number of imidazole rings is 1. The highest BCUT2D eigenvalue weighted by Gasteiger charge is 2.24. The van der Waals surface area contributed by atoms with Crippen LogP contribution in [0, 0.1) is 26.6 Å². The van der Waals surface area contributed by atoms with E-state index in [0.29, 0.717) is 18.1 Å². The maximum absolute atomic E-state index is 13.7. The van der Waals surface area contributed by atoms with Gasteiger partial charge in [0.1, 0.15) is 17.3 Å². The fourth-order valence-electron chi connectivity index (χ4n) is 5.50. The van der Waals surface area contributed by atoms with Crippen LogP contribution in [0.5, 0.6) is 0 Å². The number of carbonyl (C=O) groups excluding carboxylic acids is 1. The Bertz CT molecular complexity index is 1460. The molecule has 3 aromatic carbocycles. The molecule has 0 atom stereocenters. The summed E-state index contributed by atoms with van der Waals surface area (Å²) in [5, 5.41) is 0. The van der Waals surface area contributed by atoms with E-state index in [1.54, 1.807) is 17.0 Å². The van der Waals surface area contributed by atoms with E-state index in [9.17, 15) is 9.18 Å². The van der Waals surface area contributed by atoms with Gasteiger partial charge in [0.25, 0.3) is 5.91 Å². The van der Waals surface area contributed by atoms with Crippen molar-refractivity contribution in [3.8, 4) is 17.1 Å². The smallest absolute Gasteiger partial charge is 0.274 e. The Balaban J connectivity index is 1.23. The Hall–Kier alpha value is -3.97. The van der Waals surface area contributed by atoms with E-state index in [2.05, 4.69) is 41.8 Å². The Labute approximate surface area is 236 Å². The minimum Gasteiger partial charge on any atom is -0.369 e. The lowest BCUT2D eigenvalue weighted by atomic mass is 10.1. The molecule has 1 aromatic heterocycles. The number of aryl methyl sites for hydroxylation is 1. The zero-order valence-corrected chi connectivity index (χ0v) is 23.9. The first kappa shape index (κ1) is 27.6. The van der Waals surface area contributed by atoms with Gasteiger partial charge in [-0.1, -0.05) is 42.5 Å². The van der Waals surface area contributed by atoms with Crippen molar-refractivity contribution in [3.05, 3.63) is 101 Å². The Kier molecular flexibility index (Phi) is 8.31. The largest absolute Gasteiger partial charge is 0.369 e. The van der Waals surface area contributed by atoms with Crippen molar-refractivity contribution in [2.24, 2.45) is 0 Å². The molecule has 1 fully saturated rings. The number of amides is 1. The second-order valence-electron chi connectivity index (χ2n) is 10.7. The van der Waals surface area contributed by atoms with Crippen LogP contribution in [0.2, 0.25) is 0 Å². The summed E-state index contributed by atoms with van der Waals surface area (Å²) in [6.45, 7) is 12.0. The van der Waals surface area contributed by atoms with Crippen LogP contribution in [0.25, 0.3) is 17.1 Å². The van der Waals surface area contributed by atoms with Crippen molar-refractivity contribution in [2.75, 3.05) is 51.2 Å². The maximum atomic E-state index is 13.7. The first-order valence-corrected chi connectivity index (χ1v) is 14.0. The minimum atomic E-state index is -0.300. The molecule has 5 rings (SSSR count). The van der Waals surface area contributed by atoms with Gasteiger partial charge in [0, 0.05) is 56.7 Å². The van der Waals surface area contributed by atoms with E-state index in [-0.39, 0.29) is 11.7 Å². The number of rotatable bonds is 8. The van der Waals surface area contributed by atoms with E-state index >= 15 is 0 Å². The summed E-state index contributed by atoms with van der Waals surface area (Å²) < 4.78 is 15.6. The van der Waals surface area contributed by atoms with Crippen molar-refractivity contribution in [2.45, 2.75) is 27.2 Å². The number of halogens is 1. The van der Waals surface area contributed by atoms with Gasteiger partial charge in [0.2, 0.25) is 0 Å². The summed E-state index contributed by atoms with van der Waals surface area (Å²) in [6, 6.07) is 22.6. The van der Waals surface area contributed by atoms with Crippen LogP contribution in [-0.2, 0) is 0 Å². The number of benzene rings is 3. The molecule has 208 valence electrons. The normalized spacial score (nSPS) is 14.0. The zero-order chi connectivity index (χ0) is 28.2. The fraction of sp³-hybridized carbons (Fsp3) is 0.333. The Morgan fingerprint density at radius 3 is 2.30 bits per heavy atom. The predicted octanol–water partition coefficient (Wildman–Crippen LogP) is 5.89. The molecule has 1 aliphatic heterocycles. The molecule has 4 aromatic rings. The van der Waals surface area contributed by atoms with Crippen LogP contribution in [0.3, 0.4) is 0 Å². The summed E-state index contributed by atoms with van der Waals surface area (Å²) >= 11 is 0. The first-order chi connectivity index (χ1) is 19.3. The number of hydrogen-bond acceptors (Lipinski definition) is 4. The number of carbonyl (C=O) groups is 1. The molecule has 0 N–H and O–H groups in total. The van der Waals surface area contributed by atoms with Gasteiger partial charge >= 0.3 is 0 Å². The molecule has 6 nitrogen and oxygen atoms in total. The average Bonchev–Trinajstić information content (AvgIpc) is 3.32. The second kappa shape index (κ2) is 12.0. The molecule has 0 unspecified atom stereocenters. The van der Waals surface area contributed by atoms with E-state index < -0.39 is 0 Å². The topological polar surface area (TPSA) is 44.6 Å². The van der Waals surface area contributed by atoms with Crippen LogP contribution in [0.4, 0.5) is 10.1 Å². The third kappa shape index (κ3) is 5.80. The molecule has 0 bridgehead atoms. The van der Waals surface area contributed by atoms with Crippen LogP contribution in [-0.4, -0.2) is 71.6 Å². The molecule has 1 saturated heterocycles. The highest BCUT2D eigenvalue weighted by Crippen LogP contribution is 2.28. The standard InChI is InChI=1S/C33H38FN5O/c1-24-10-8-13-30(25(24)2)38-22-20-37(21-23-38)19-9-18-36(4)33(40)31-26(3)39(29-16-14-28(34)15-17-29)32(35-31)27-11-6-5-7-12-27/h5-8,10-17H,9,18-23H2,1-4H3. The van der Waals surface area contributed by atoms with E-state index in [4.69, 9.17) is 4.98 Å². The molecule has 0 radical (unpaired) electrons. The van der Waals surface area contributed by atoms with Crippen LogP contribution in [0.15, 0.2) is 72.8 Å². The molecular weight excluding hydrogens is 501 g/mol. The lowest BCUT2D eigenvalue weighted by Gasteiger charge is -2.37. The minimum absolute atomic E-state index is 0.102. The van der Waals surface area contributed by atoms with Crippen molar-refractivity contribution in [3.63, 3.8) is 0 Å². The van der Waals surface area contributed by atoms with Gasteiger partial charge in [-0.3, -0.25) is 14.3 Å². The Morgan fingerprint density at radius 2 is 1.60 bits per heavy atom. The molecule has 0 aliphatic carbocycles. The van der Waals surface area contributed by atoms with Crippen molar-refractivity contribution in [1.29, 1.82) is 0 Å². The van der Waals surface area contributed by atoms with Crippen LogP contribution < -0.4 is 4.90 Å².